The highest BCUT2D eigenvalue weighted by atomic mass is 19.1. The van der Waals surface area contributed by atoms with Crippen LogP contribution in [-0.4, -0.2) is 68.3 Å². The molecule has 0 saturated carbocycles. The summed E-state index contributed by atoms with van der Waals surface area (Å²) in [6.07, 6.45) is -0.163. The van der Waals surface area contributed by atoms with Crippen molar-refractivity contribution in [2.24, 2.45) is 5.73 Å². The van der Waals surface area contributed by atoms with Gasteiger partial charge in [0.05, 0.1) is 37.5 Å². The van der Waals surface area contributed by atoms with E-state index in [4.69, 9.17) is 19.9 Å². The molecule has 4 aromatic rings. The van der Waals surface area contributed by atoms with Gasteiger partial charge in [-0.05, 0) is 47.5 Å². The quantitative estimate of drug-likeness (QED) is 0.428. The first-order chi connectivity index (χ1) is 17.4. The number of carbonyl (C=O) groups is 2. The zero-order chi connectivity index (χ0) is 25.4. The maximum atomic E-state index is 14.4. The molecule has 0 aliphatic carbocycles. The van der Waals surface area contributed by atoms with Crippen LogP contribution in [0.3, 0.4) is 0 Å². The van der Waals surface area contributed by atoms with E-state index < -0.39 is 11.7 Å². The Morgan fingerprint density at radius 3 is 2.67 bits per heavy atom. The fourth-order valence-corrected chi connectivity index (χ4v) is 4.72. The predicted molar refractivity (Wildman–Crippen MR) is 134 cm³/mol. The molecule has 1 aliphatic rings. The second-order valence-corrected chi connectivity index (χ2v) is 8.74. The van der Waals surface area contributed by atoms with Crippen LogP contribution in [0.25, 0.3) is 32.9 Å². The van der Waals surface area contributed by atoms with Crippen molar-refractivity contribution >= 4 is 33.6 Å². The van der Waals surface area contributed by atoms with Gasteiger partial charge in [0, 0.05) is 42.1 Å². The van der Waals surface area contributed by atoms with Crippen LogP contribution in [0, 0.1) is 5.82 Å². The van der Waals surface area contributed by atoms with Gasteiger partial charge in [-0.3, -0.25) is 9.59 Å². The van der Waals surface area contributed by atoms with Gasteiger partial charge in [-0.25, -0.2) is 4.39 Å². The van der Waals surface area contributed by atoms with Gasteiger partial charge in [0.2, 0.25) is 0 Å². The van der Waals surface area contributed by atoms with Gasteiger partial charge in [-0.1, -0.05) is 12.1 Å². The molecule has 0 bridgehead atoms. The van der Waals surface area contributed by atoms with Crippen LogP contribution < -0.4 is 10.5 Å². The van der Waals surface area contributed by atoms with E-state index >= 15 is 0 Å². The minimum atomic E-state index is -0.615. The second-order valence-electron chi connectivity index (χ2n) is 8.74. The molecule has 0 spiro atoms. The van der Waals surface area contributed by atoms with E-state index in [2.05, 4.69) is 4.98 Å². The molecule has 186 valence electrons. The average Bonchev–Trinajstić information content (AvgIpc) is 3.25. The number of fused-ring (bicyclic) bond motifs is 3. The van der Waals surface area contributed by atoms with Crippen molar-refractivity contribution in [2.75, 3.05) is 40.5 Å². The molecule has 5 rings (SSSR count). The van der Waals surface area contributed by atoms with Crippen molar-refractivity contribution in [3.63, 3.8) is 0 Å². The number of primary amides is 1. The van der Waals surface area contributed by atoms with E-state index in [0.717, 1.165) is 10.8 Å². The number of amides is 2. The molecular formula is C27H26FN3O5. The summed E-state index contributed by atoms with van der Waals surface area (Å²) < 4.78 is 30.2. The number of aromatic nitrogens is 1. The summed E-state index contributed by atoms with van der Waals surface area (Å²) in [5, 5.41) is 1.57. The molecule has 3 aromatic carbocycles. The average molecular weight is 492 g/mol. The number of morpholine rings is 1. The number of halogens is 1. The number of carbonyl (C=O) groups excluding carboxylic acids is 2. The molecule has 1 saturated heterocycles. The standard InChI is InChI=1S/C27H26FN3O5/c1-34-14-18-13-31(7-8-36-18)27(33)16-3-5-19-20-9-17(15-4-6-24(35-2)22(28)11-15)10-21(26(29)32)25(20)30-23(19)12-16/h3-6,9-12,18,30H,7-8,13-14H2,1-2H3,(H2,29,32). The SMILES string of the molecule is COCC1CN(C(=O)c2ccc3c(c2)[nH]c2c(C(N)=O)cc(-c4ccc(OC)c(F)c4)cc23)CCO1. The Morgan fingerprint density at radius 2 is 1.94 bits per heavy atom. The Kier molecular flexibility index (Phi) is 6.34. The fraction of sp³-hybridized carbons (Fsp3) is 0.259. The molecule has 1 aliphatic heterocycles. The third kappa shape index (κ3) is 4.27. The summed E-state index contributed by atoms with van der Waals surface area (Å²) in [6.45, 7) is 1.81. The maximum Gasteiger partial charge on any atom is 0.254 e. The normalized spacial score (nSPS) is 16.0. The minimum Gasteiger partial charge on any atom is -0.494 e. The lowest BCUT2D eigenvalue weighted by Gasteiger charge is -2.32. The third-order valence-electron chi connectivity index (χ3n) is 6.48. The highest BCUT2D eigenvalue weighted by Crippen LogP contribution is 2.34. The third-order valence-corrected chi connectivity index (χ3v) is 6.48. The number of ether oxygens (including phenoxy) is 3. The highest BCUT2D eigenvalue weighted by Gasteiger charge is 2.25. The van der Waals surface area contributed by atoms with Gasteiger partial charge in [0.15, 0.2) is 11.6 Å². The number of nitrogens with two attached hydrogens (primary N) is 1. The van der Waals surface area contributed by atoms with Gasteiger partial charge >= 0.3 is 0 Å². The Balaban J connectivity index is 1.56. The summed E-state index contributed by atoms with van der Waals surface area (Å²) in [7, 11) is 3.00. The number of nitrogens with zero attached hydrogens (tertiary/aromatic N) is 1. The molecule has 3 N–H and O–H groups in total. The largest absolute Gasteiger partial charge is 0.494 e. The van der Waals surface area contributed by atoms with Crippen LogP contribution >= 0.6 is 0 Å². The number of hydrogen-bond donors (Lipinski definition) is 2. The van der Waals surface area contributed by atoms with Crippen LogP contribution in [0.4, 0.5) is 4.39 Å². The Morgan fingerprint density at radius 1 is 1.11 bits per heavy atom. The number of hydrogen-bond acceptors (Lipinski definition) is 5. The molecule has 36 heavy (non-hydrogen) atoms. The maximum absolute atomic E-state index is 14.4. The smallest absolute Gasteiger partial charge is 0.254 e. The molecule has 1 fully saturated rings. The topological polar surface area (TPSA) is 107 Å². The zero-order valence-electron chi connectivity index (χ0n) is 20.0. The lowest BCUT2D eigenvalue weighted by Crippen LogP contribution is -2.47. The van der Waals surface area contributed by atoms with E-state index in [0.29, 0.717) is 54.0 Å². The molecule has 1 atom stereocenters. The zero-order valence-corrected chi connectivity index (χ0v) is 20.0. The number of methoxy groups -OCH3 is 2. The number of H-pyrrole nitrogens is 1. The van der Waals surface area contributed by atoms with Crippen LogP contribution in [0.1, 0.15) is 20.7 Å². The minimum absolute atomic E-state index is 0.107. The molecule has 1 aromatic heterocycles. The van der Waals surface area contributed by atoms with Crippen molar-refractivity contribution in [3.8, 4) is 16.9 Å². The highest BCUT2D eigenvalue weighted by molar-refractivity contribution is 6.17. The number of nitrogens with one attached hydrogen (secondary N) is 1. The van der Waals surface area contributed by atoms with Crippen molar-refractivity contribution in [3.05, 3.63) is 65.5 Å². The van der Waals surface area contributed by atoms with E-state index in [1.165, 1.54) is 19.2 Å². The lowest BCUT2D eigenvalue weighted by molar-refractivity contribution is -0.0531. The molecule has 2 heterocycles. The first kappa shape index (κ1) is 23.8. The first-order valence-electron chi connectivity index (χ1n) is 11.5. The Labute approximate surface area is 206 Å². The van der Waals surface area contributed by atoms with Gasteiger partial charge in [-0.2, -0.15) is 0 Å². The molecule has 2 amide bonds. The van der Waals surface area contributed by atoms with Crippen LogP contribution in [0.5, 0.6) is 5.75 Å². The van der Waals surface area contributed by atoms with Crippen LogP contribution in [-0.2, 0) is 9.47 Å². The summed E-state index contributed by atoms with van der Waals surface area (Å²) in [4.78, 5) is 30.5. The second kappa shape index (κ2) is 9.60. The first-order valence-corrected chi connectivity index (χ1v) is 11.5. The van der Waals surface area contributed by atoms with Gasteiger partial charge < -0.3 is 29.8 Å². The molecule has 8 nitrogen and oxygen atoms in total. The molecule has 0 radical (unpaired) electrons. The fourth-order valence-electron chi connectivity index (χ4n) is 4.72. The van der Waals surface area contributed by atoms with E-state index in [1.54, 1.807) is 36.3 Å². The lowest BCUT2D eigenvalue weighted by atomic mass is 9.98. The van der Waals surface area contributed by atoms with E-state index in [1.807, 2.05) is 12.1 Å². The number of rotatable bonds is 6. The summed E-state index contributed by atoms with van der Waals surface area (Å²) in [5.41, 5.74) is 8.97. The van der Waals surface area contributed by atoms with Crippen molar-refractivity contribution < 1.29 is 28.2 Å². The van der Waals surface area contributed by atoms with Crippen molar-refractivity contribution in [1.29, 1.82) is 0 Å². The van der Waals surface area contributed by atoms with Gasteiger partial charge in [-0.15, -0.1) is 0 Å². The van der Waals surface area contributed by atoms with Crippen molar-refractivity contribution in [1.82, 2.24) is 9.88 Å². The van der Waals surface area contributed by atoms with Crippen LogP contribution in [0.2, 0.25) is 0 Å². The van der Waals surface area contributed by atoms with E-state index in [9.17, 15) is 14.0 Å². The summed E-state index contributed by atoms with van der Waals surface area (Å²) in [5.74, 6) is -1.10. The van der Waals surface area contributed by atoms with E-state index in [-0.39, 0.29) is 23.3 Å². The van der Waals surface area contributed by atoms with Crippen LogP contribution in [0.15, 0.2) is 48.5 Å². The molecule has 1 unspecified atom stereocenters. The predicted octanol–water partition coefficient (Wildman–Crippen LogP) is 3.72. The summed E-state index contributed by atoms with van der Waals surface area (Å²) >= 11 is 0. The van der Waals surface area contributed by atoms with Crippen molar-refractivity contribution in [2.45, 2.75) is 6.10 Å². The van der Waals surface area contributed by atoms with Gasteiger partial charge in [0.25, 0.3) is 11.8 Å². The van der Waals surface area contributed by atoms with Gasteiger partial charge in [0.1, 0.15) is 0 Å². The number of benzene rings is 3. The Hall–Kier alpha value is -3.95. The number of aromatic amines is 1. The monoisotopic (exact) mass is 491 g/mol. The summed E-state index contributed by atoms with van der Waals surface area (Å²) in [6, 6.07) is 13.5. The molecule has 9 heteroatoms. The molecular weight excluding hydrogens is 465 g/mol. The Bertz CT molecular complexity index is 1480.